The van der Waals surface area contributed by atoms with Crippen molar-refractivity contribution in [3.63, 3.8) is 0 Å². The van der Waals surface area contributed by atoms with Crippen molar-refractivity contribution in [1.82, 2.24) is 0 Å². The molecule has 2 rings (SSSR count). The van der Waals surface area contributed by atoms with Gasteiger partial charge in [0.1, 0.15) is 0 Å². The van der Waals surface area contributed by atoms with Crippen molar-refractivity contribution in [3.8, 4) is 17.2 Å². The first-order chi connectivity index (χ1) is 10.0. The Hall–Kier alpha value is -2.89. The molecule has 0 aromatic heterocycles. The highest BCUT2D eigenvalue weighted by Gasteiger charge is 2.11. The lowest BCUT2D eigenvalue weighted by atomic mass is 10.1. The smallest absolute Gasteiger partial charge is 0.323 e. The first-order valence-electron chi connectivity index (χ1n) is 6.42. The molecule has 2 aromatic carbocycles. The average molecular weight is 288 g/mol. The molecule has 21 heavy (non-hydrogen) atoms. The molecular formula is C15H16N2O4. The number of phenolic OH excluding ortho intramolecular Hbond substituents is 3. The molecule has 0 aliphatic heterocycles. The van der Waals surface area contributed by atoms with Gasteiger partial charge < -0.3 is 26.0 Å². The van der Waals surface area contributed by atoms with Crippen LogP contribution in [0.1, 0.15) is 12.5 Å². The molecule has 6 nitrogen and oxygen atoms in total. The van der Waals surface area contributed by atoms with E-state index in [4.69, 9.17) is 0 Å². The fourth-order valence-electron chi connectivity index (χ4n) is 1.91. The van der Waals surface area contributed by atoms with Crippen LogP contribution < -0.4 is 10.6 Å². The van der Waals surface area contributed by atoms with Crippen molar-refractivity contribution in [3.05, 3.63) is 42.0 Å². The Labute approximate surface area is 121 Å². The molecule has 0 aliphatic rings. The van der Waals surface area contributed by atoms with Crippen molar-refractivity contribution in [2.24, 2.45) is 0 Å². The van der Waals surface area contributed by atoms with Gasteiger partial charge in [-0.25, -0.2) is 4.79 Å². The summed E-state index contributed by atoms with van der Waals surface area (Å²) in [5, 5.41) is 33.2. The molecule has 0 aliphatic carbocycles. The van der Waals surface area contributed by atoms with Gasteiger partial charge in [-0.15, -0.1) is 0 Å². The minimum atomic E-state index is -0.628. The zero-order valence-electron chi connectivity index (χ0n) is 11.4. The molecule has 2 aromatic rings. The molecule has 0 radical (unpaired) electrons. The first-order valence-corrected chi connectivity index (χ1v) is 6.42. The summed E-state index contributed by atoms with van der Waals surface area (Å²) < 4.78 is 0. The minimum absolute atomic E-state index is 0.161. The largest absolute Gasteiger partial charge is 0.504 e. The van der Waals surface area contributed by atoms with Gasteiger partial charge in [0.2, 0.25) is 0 Å². The summed E-state index contributed by atoms with van der Waals surface area (Å²) in [5.41, 5.74) is 1.84. The summed E-state index contributed by atoms with van der Waals surface area (Å²) in [4.78, 5) is 11.9. The van der Waals surface area contributed by atoms with E-state index >= 15 is 0 Å². The van der Waals surface area contributed by atoms with Crippen LogP contribution in [0.4, 0.5) is 16.2 Å². The maximum Gasteiger partial charge on any atom is 0.323 e. The number of aromatic hydroxyl groups is 3. The van der Waals surface area contributed by atoms with E-state index in [-0.39, 0.29) is 5.69 Å². The van der Waals surface area contributed by atoms with Gasteiger partial charge in [-0.2, -0.15) is 0 Å². The van der Waals surface area contributed by atoms with Gasteiger partial charge in [0.15, 0.2) is 17.2 Å². The van der Waals surface area contributed by atoms with Crippen molar-refractivity contribution < 1.29 is 20.1 Å². The van der Waals surface area contributed by atoms with E-state index in [2.05, 4.69) is 10.6 Å². The molecule has 0 spiro atoms. The van der Waals surface area contributed by atoms with Gasteiger partial charge in [0.25, 0.3) is 0 Å². The second-order valence-corrected chi connectivity index (χ2v) is 4.45. The molecule has 0 fully saturated rings. The number of hydrogen-bond acceptors (Lipinski definition) is 4. The Kier molecular flexibility index (Phi) is 4.18. The Balaban J connectivity index is 2.12. The van der Waals surface area contributed by atoms with Crippen LogP contribution >= 0.6 is 0 Å². The monoisotopic (exact) mass is 288 g/mol. The lowest BCUT2D eigenvalue weighted by molar-refractivity contribution is 0.262. The molecule has 0 heterocycles. The highest BCUT2D eigenvalue weighted by Crippen LogP contribution is 2.37. The van der Waals surface area contributed by atoms with Crippen molar-refractivity contribution in [2.75, 3.05) is 10.6 Å². The molecule has 0 saturated heterocycles. The van der Waals surface area contributed by atoms with Crippen LogP contribution in [-0.2, 0) is 6.42 Å². The van der Waals surface area contributed by atoms with Crippen molar-refractivity contribution >= 4 is 17.4 Å². The number of carbonyl (C=O) groups is 1. The number of para-hydroxylation sites is 1. The van der Waals surface area contributed by atoms with E-state index in [1.54, 1.807) is 6.07 Å². The second-order valence-electron chi connectivity index (χ2n) is 4.45. The fourth-order valence-corrected chi connectivity index (χ4v) is 1.91. The number of aryl methyl sites for hydroxylation is 1. The number of rotatable bonds is 3. The lowest BCUT2D eigenvalue weighted by Gasteiger charge is -2.11. The summed E-state index contributed by atoms with van der Waals surface area (Å²) in [6.45, 7) is 1.98. The number of nitrogens with one attached hydrogen (secondary N) is 2. The van der Waals surface area contributed by atoms with Crippen molar-refractivity contribution in [1.29, 1.82) is 0 Å². The predicted octanol–water partition coefficient (Wildman–Crippen LogP) is 3.01. The maximum absolute atomic E-state index is 11.9. The van der Waals surface area contributed by atoms with Crippen molar-refractivity contribution in [2.45, 2.75) is 13.3 Å². The highest BCUT2D eigenvalue weighted by atomic mass is 16.3. The number of benzene rings is 2. The third-order valence-electron chi connectivity index (χ3n) is 2.97. The van der Waals surface area contributed by atoms with Crippen LogP contribution in [0.25, 0.3) is 0 Å². The average Bonchev–Trinajstić information content (AvgIpc) is 2.45. The third kappa shape index (κ3) is 3.36. The molecular weight excluding hydrogens is 272 g/mol. The van der Waals surface area contributed by atoms with E-state index in [0.717, 1.165) is 24.1 Å². The minimum Gasteiger partial charge on any atom is -0.504 e. The number of anilines is 2. The predicted molar refractivity (Wildman–Crippen MR) is 79.9 cm³/mol. The SMILES string of the molecule is CCc1ccccc1NC(=O)Nc1cc(O)c(O)c(O)c1. The van der Waals surface area contributed by atoms with Crippen LogP contribution in [0.15, 0.2) is 36.4 Å². The van der Waals surface area contributed by atoms with E-state index < -0.39 is 23.3 Å². The summed E-state index contributed by atoms with van der Waals surface area (Å²) in [6.07, 6.45) is 0.775. The molecule has 2 amide bonds. The fraction of sp³-hybridized carbons (Fsp3) is 0.133. The lowest BCUT2D eigenvalue weighted by Crippen LogP contribution is -2.20. The van der Waals surface area contributed by atoms with Crippen LogP contribution in [0, 0.1) is 0 Å². The zero-order chi connectivity index (χ0) is 15.4. The zero-order valence-corrected chi connectivity index (χ0v) is 11.4. The highest BCUT2D eigenvalue weighted by molar-refractivity contribution is 6.00. The Morgan fingerprint density at radius 1 is 1.05 bits per heavy atom. The van der Waals surface area contributed by atoms with E-state index in [1.165, 1.54) is 0 Å². The molecule has 110 valence electrons. The molecule has 0 bridgehead atoms. The first kappa shape index (κ1) is 14.5. The molecule has 0 saturated carbocycles. The summed E-state index contributed by atoms with van der Waals surface area (Å²) >= 11 is 0. The van der Waals surface area contributed by atoms with Gasteiger partial charge in [0.05, 0.1) is 5.69 Å². The van der Waals surface area contributed by atoms with E-state index in [9.17, 15) is 20.1 Å². The van der Waals surface area contributed by atoms with E-state index in [0.29, 0.717) is 5.69 Å². The maximum atomic E-state index is 11.9. The number of amides is 2. The number of hydrogen-bond donors (Lipinski definition) is 5. The topological polar surface area (TPSA) is 102 Å². The number of carbonyl (C=O) groups excluding carboxylic acids is 1. The van der Waals surface area contributed by atoms with Crippen LogP contribution in [0.5, 0.6) is 17.2 Å². The summed E-state index contributed by atoms with van der Waals surface area (Å²) in [7, 11) is 0. The van der Waals surface area contributed by atoms with Crippen LogP contribution in [0.2, 0.25) is 0 Å². The third-order valence-corrected chi connectivity index (χ3v) is 2.97. The Morgan fingerprint density at radius 2 is 1.67 bits per heavy atom. The molecule has 6 heteroatoms. The standard InChI is InChI=1S/C15H16N2O4/c1-2-9-5-3-4-6-11(9)17-15(21)16-10-7-12(18)14(20)13(19)8-10/h3-8,18-20H,2H2,1H3,(H2,16,17,21). The molecule has 5 N–H and O–H groups in total. The van der Waals surface area contributed by atoms with Gasteiger partial charge in [0, 0.05) is 17.8 Å². The summed E-state index contributed by atoms with van der Waals surface area (Å²) in [5.74, 6) is -1.66. The van der Waals surface area contributed by atoms with Crippen LogP contribution in [-0.4, -0.2) is 21.4 Å². The van der Waals surface area contributed by atoms with E-state index in [1.807, 2.05) is 25.1 Å². The Bertz CT molecular complexity index is 647. The van der Waals surface area contributed by atoms with Gasteiger partial charge >= 0.3 is 6.03 Å². The Morgan fingerprint density at radius 3 is 2.29 bits per heavy atom. The van der Waals surface area contributed by atoms with Crippen LogP contribution in [0.3, 0.4) is 0 Å². The second kappa shape index (κ2) is 6.04. The normalized spacial score (nSPS) is 10.1. The number of phenols is 3. The summed E-state index contributed by atoms with van der Waals surface area (Å²) in [6, 6.07) is 9.16. The molecule has 0 atom stereocenters. The number of urea groups is 1. The van der Waals surface area contributed by atoms with Gasteiger partial charge in [-0.1, -0.05) is 25.1 Å². The van der Waals surface area contributed by atoms with Gasteiger partial charge in [-0.3, -0.25) is 0 Å². The quantitative estimate of drug-likeness (QED) is 0.442. The molecule has 0 unspecified atom stereocenters. The van der Waals surface area contributed by atoms with Gasteiger partial charge in [-0.05, 0) is 18.1 Å².